The van der Waals surface area contributed by atoms with Crippen LogP contribution in [0.15, 0.2) is 11.6 Å². The normalized spacial score (nSPS) is 43.2. The van der Waals surface area contributed by atoms with Gasteiger partial charge in [0, 0.05) is 7.11 Å². The Labute approximate surface area is 192 Å². The molecule has 0 N–H and O–H groups in total. The zero-order chi connectivity index (χ0) is 22.2. The Morgan fingerprint density at radius 1 is 1.00 bits per heavy atom. The lowest BCUT2D eigenvalue weighted by molar-refractivity contribution is -0.0985. The molecule has 0 spiro atoms. The van der Waals surface area contributed by atoms with Crippen LogP contribution in [-0.4, -0.2) is 20.0 Å². The van der Waals surface area contributed by atoms with Crippen molar-refractivity contribution in [2.75, 3.05) is 13.9 Å². The molecule has 0 aliphatic heterocycles. The summed E-state index contributed by atoms with van der Waals surface area (Å²) in [4.78, 5) is 0. The molecule has 2 heteroatoms. The van der Waals surface area contributed by atoms with E-state index in [1.165, 1.54) is 64.2 Å². The summed E-state index contributed by atoms with van der Waals surface area (Å²) in [5.74, 6) is 5.51. The van der Waals surface area contributed by atoms with Crippen LogP contribution in [-0.2, 0) is 9.47 Å². The van der Waals surface area contributed by atoms with E-state index in [-0.39, 0.29) is 0 Å². The summed E-state index contributed by atoms with van der Waals surface area (Å²) < 4.78 is 11.1. The molecule has 2 nitrogen and oxygen atoms in total. The van der Waals surface area contributed by atoms with Gasteiger partial charge in [0.25, 0.3) is 0 Å². The highest BCUT2D eigenvalue weighted by molar-refractivity contribution is 5.25. The summed E-state index contributed by atoms with van der Waals surface area (Å²) in [5, 5.41) is 0. The first kappa shape index (κ1) is 23.8. The van der Waals surface area contributed by atoms with Gasteiger partial charge in [-0.05, 0) is 97.7 Å². The number of methoxy groups -OCH3 is 1. The van der Waals surface area contributed by atoms with Crippen molar-refractivity contribution in [3.8, 4) is 0 Å². The fourth-order valence-electron chi connectivity index (χ4n) is 8.96. The monoisotopic (exact) mass is 430 g/mol. The van der Waals surface area contributed by atoms with E-state index in [4.69, 9.17) is 9.47 Å². The second-order valence-electron chi connectivity index (χ2n) is 12.7. The van der Waals surface area contributed by atoms with Crippen LogP contribution in [0.2, 0.25) is 0 Å². The molecule has 0 aromatic heterocycles. The lowest BCUT2D eigenvalue weighted by Crippen LogP contribution is -2.51. The molecule has 3 fully saturated rings. The van der Waals surface area contributed by atoms with Gasteiger partial charge in [-0.2, -0.15) is 0 Å². The Bertz CT molecular complexity index is 639. The van der Waals surface area contributed by atoms with Crippen molar-refractivity contribution in [1.82, 2.24) is 0 Å². The maximum absolute atomic E-state index is 5.97. The van der Waals surface area contributed by atoms with Crippen LogP contribution in [0.3, 0.4) is 0 Å². The van der Waals surface area contributed by atoms with Crippen molar-refractivity contribution in [2.45, 2.75) is 111 Å². The molecule has 31 heavy (non-hydrogen) atoms. The quantitative estimate of drug-likeness (QED) is 0.287. The van der Waals surface area contributed by atoms with Crippen molar-refractivity contribution in [3.63, 3.8) is 0 Å². The topological polar surface area (TPSA) is 18.5 Å². The van der Waals surface area contributed by atoms with Gasteiger partial charge < -0.3 is 9.47 Å². The minimum Gasteiger partial charge on any atom is -0.359 e. The van der Waals surface area contributed by atoms with Crippen LogP contribution < -0.4 is 0 Å². The number of hydrogen-bond acceptors (Lipinski definition) is 2. The van der Waals surface area contributed by atoms with Crippen LogP contribution in [0.5, 0.6) is 0 Å². The SMILES string of the molecule is COCOC1CC[C@@]2(C)C(=CC[C@H]3[C@@H]4CC[C@H]([C@H](C)CCCC(C)C)[C@@]4(C)CC[C@@H]32)C1. The van der Waals surface area contributed by atoms with E-state index in [0.29, 0.717) is 23.7 Å². The Balaban J connectivity index is 1.45. The van der Waals surface area contributed by atoms with Crippen molar-refractivity contribution in [3.05, 3.63) is 11.6 Å². The Morgan fingerprint density at radius 3 is 2.55 bits per heavy atom. The van der Waals surface area contributed by atoms with Crippen molar-refractivity contribution >= 4 is 0 Å². The average molecular weight is 431 g/mol. The van der Waals surface area contributed by atoms with E-state index >= 15 is 0 Å². The van der Waals surface area contributed by atoms with Crippen LogP contribution in [0, 0.1) is 46.3 Å². The zero-order valence-electron chi connectivity index (χ0n) is 21.4. The molecule has 0 heterocycles. The van der Waals surface area contributed by atoms with Crippen LogP contribution in [0.4, 0.5) is 0 Å². The van der Waals surface area contributed by atoms with E-state index in [9.17, 15) is 0 Å². The van der Waals surface area contributed by atoms with E-state index in [0.717, 1.165) is 41.9 Å². The van der Waals surface area contributed by atoms with Gasteiger partial charge in [-0.15, -0.1) is 0 Å². The Morgan fingerprint density at radius 2 is 1.81 bits per heavy atom. The van der Waals surface area contributed by atoms with E-state index in [1.54, 1.807) is 12.7 Å². The molecule has 4 aliphatic carbocycles. The minimum atomic E-state index is 0.368. The highest BCUT2D eigenvalue weighted by Gasteiger charge is 2.59. The standard InChI is InChI=1S/C29H50O2/c1-20(2)8-7-9-21(3)25-12-13-26-24-11-10-22-18-23(31-19-30-6)14-16-28(22,4)27(24)15-17-29(25,26)5/h10,20-21,23-27H,7-9,11-19H2,1-6H3/t21-,23?,24+,25-,26+,27+,28+,29-/m1/s1. The molecule has 178 valence electrons. The van der Waals surface area contributed by atoms with E-state index in [1.807, 2.05) is 0 Å². The highest BCUT2D eigenvalue weighted by atomic mass is 16.7. The van der Waals surface area contributed by atoms with Crippen LogP contribution >= 0.6 is 0 Å². The average Bonchev–Trinajstić information content (AvgIpc) is 3.09. The second-order valence-corrected chi connectivity index (χ2v) is 12.7. The summed E-state index contributed by atoms with van der Waals surface area (Å²) in [6, 6.07) is 0. The molecular formula is C29H50O2. The first-order valence-electron chi connectivity index (χ1n) is 13.6. The molecule has 0 amide bonds. The second kappa shape index (κ2) is 9.49. The molecular weight excluding hydrogens is 380 g/mol. The molecule has 1 unspecified atom stereocenters. The third-order valence-corrected chi connectivity index (χ3v) is 10.7. The number of ether oxygens (including phenoxy) is 2. The third-order valence-electron chi connectivity index (χ3n) is 10.7. The van der Waals surface area contributed by atoms with Crippen LogP contribution in [0.1, 0.15) is 105 Å². The Hall–Kier alpha value is -0.340. The van der Waals surface area contributed by atoms with Crippen molar-refractivity contribution in [1.29, 1.82) is 0 Å². The molecule has 0 aromatic carbocycles. The zero-order valence-corrected chi connectivity index (χ0v) is 21.4. The van der Waals surface area contributed by atoms with Gasteiger partial charge in [0.05, 0.1) is 6.10 Å². The predicted molar refractivity (Wildman–Crippen MR) is 130 cm³/mol. The van der Waals surface area contributed by atoms with Crippen LogP contribution in [0.25, 0.3) is 0 Å². The summed E-state index contributed by atoms with van der Waals surface area (Å²) in [6.45, 7) is 13.1. The fraction of sp³-hybridized carbons (Fsp3) is 0.931. The molecule has 0 radical (unpaired) electrons. The molecule has 3 saturated carbocycles. The van der Waals surface area contributed by atoms with Gasteiger partial charge >= 0.3 is 0 Å². The number of rotatable bonds is 8. The molecule has 0 bridgehead atoms. The maximum Gasteiger partial charge on any atom is 0.146 e. The summed E-state index contributed by atoms with van der Waals surface area (Å²) in [7, 11) is 1.73. The van der Waals surface area contributed by atoms with Crippen molar-refractivity contribution in [2.24, 2.45) is 46.3 Å². The van der Waals surface area contributed by atoms with Gasteiger partial charge in [0.15, 0.2) is 0 Å². The smallest absolute Gasteiger partial charge is 0.146 e. The van der Waals surface area contributed by atoms with Gasteiger partial charge in [0.2, 0.25) is 0 Å². The fourth-order valence-corrected chi connectivity index (χ4v) is 8.96. The lowest BCUT2D eigenvalue weighted by atomic mass is 9.47. The first-order chi connectivity index (χ1) is 14.8. The summed E-state index contributed by atoms with van der Waals surface area (Å²) in [5.41, 5.74) is 2.75. The number of fused-ring (bicyclic) bond motifs is 5. The first-order valence-corrected chi connectivity index (χ1v) is 13.6. The predicted octanol–water partition coefficient (Wildman–Crippen LogP) is 8.02. The molecule has 0 aromatic rings. The summed E-state index contributed by atoms with van der Waals surface area (Å²) in [6.07, 6.45) is 18.2. The maximum atomic E-state index is 5.97. The third kappa shape index (κ3) is 4.42. The van der Waals surface area contributed by atoms with Gasteiger partial charge in [-0.1, -0.05) is 65.5 Å². The summed E-state index contributed by atoms with van der Waals surface area (Å²) >= 11 is 0. The van der Waals surface area contributed by atoms with E-state index in [2.05, 4.69) is 40.7 Å². The molecule has 4 rings (SSSR count). The van der Waals surface area contributed by atoms with E-state index < -0.39 is 0 Å². The van der Waals surface area contributed by atoms with Gasteiger partial charge in [-0.25, -0.2) is 0 Å². The van der Waals surface area contributed by atoms with Gasteiger partial charge in [-0.3, -0.25) is 0 Å². The van der Waals surface area contributed by atoms with Gasteiger partial charge in [0.1, 0.15) is 6.79 Å². The molecule has 4 aliphatic rings. The molecule has 8 atom stereocenters. The minimum absolute atomic E-state index is 0.368. The van der Waals surface area contributed by atoms with Crippen molar-refractivity contribution < 1.29 is 9.47 Å². The number of hydrogen-bond donors (Lipinski definition) is 0. The lowest BCUT2D eigenvalue weighted by Gasteiger charge is -2.58. The molecule has 0 saturated heterocycles. The largest absolute Gasteiger partial charge is 0.359 e. The Kier molecular flexibility index (Phi) is 7.29. The highest BCUT2D eigenvalue weighted by Crippen LogP contribution is 2.67. The number of allylic oxidation sites excluding steroid dienone is 1.